The fourth-order valence-electron chi connectivity index (χ4n) is 7.13. The molecule has 0 unspecified atom stereocenters. The summed E-state index contributed by atoms with van der Waals surface area (Å²) in [5.41, 5.74) is 2.78. The number of amides is 1. The lowest BCUT2D eigenvalue weighted by atomic mass is 9.63. The van der Waals surface area contributed by atoms with E-state index in [1.54, 1.807) is 32.2 Å². The van der Waals surface area contributed by atoms with Crippen LogP contribution in [0.15, 0.2) is 36.4 Å². The molecule has 1 saturated carbocycles. The minimum Gasteiger partial charge on any atom is -0.487 e. The first kappa shape index (κ1) is 32.7. The standard InChI is InChI=1S/C35H45ClN2O5S/c1-5-17-35(42-4)18-8-9-24(2)25(3)44(40,41)37-34(39)27-13-16-33-32(21-27)38(22-28-12-15-31(28)35)19-7-6-10-26-20-30(36)14-11-29(26)23-43-33/h11,13-14,16,20-21,24-25,28,31H,6-10,12,15,18-19,22-23H2,1-4H3,(H,37,39)/t24-,25+,28-,31+,35-/m0/s1. The number of benzene rings is 2. The van der Waals surface area contributed by atoms with Crippen molar-refractivity contribution in [2.24, 2.45) is 17.8 Å². The Morgan fingerprint density at radius 2 is 1.89 bits per heavy atom. The van der Waals surface area contributed by atoms with E-state index in [9.17, 15) is 13.2 Å². The zero-order valence-corrected chi connectivity index (χ0v) is 27.9. The van der Waals surface area contributed by atoms with Crippen LogP contribution in [-0.4, -0.2) is 45.4 Å². The Labute approximate surface area is 268 Å². The molecular formula is C35H45ClN2O5S. The highest BCUT2D eigenvalue weighted by Crippen LogP contribution is 2.47. The van der Waals surface area contributed by atoms with Gasteiger partial charge in [-0.25, -0.2) is 13.1 Å². The van der Waals surface area contributed by atoms with Gasteiger partial charge in [0.2, 0.25) is 10.0 Å². The van der Waals surface area contributed by atoms with Crippen molar-refractivity contribution < 1.29 is 22.7 Å². The largest absolute Gasteiger partial charge is 0.487 e. The number of carbonyl (C=O) groups excluding carboxylic acids is 1. The third-order valence-electron chi connectivity index (χ3n) is 10.1. The Morgan fingerprint density at radius 1 is 1.07 bits per heavy atom. The molecule has 2 aromatic rings. The van der Waals surface area contributed by atoms with Crippen molar-refractivity contribution in [3.8, 4) is 17.6 Å². The Bertz CT molecular complexity index is 1530. The van der Waals surface area contributed by atoms with Crippen LogP contribution in [-0.2, 0) is 27.8 Å². The van der Waals surface area contributed by atoms with Crippen LogP contribution in [0.4, 0.5) is 5.69 Å². The molecule has 2 aromatic carbocycles. The molecule has 1 amide bonds. The summed E-state index contributed by atoms with van der Waals surface area (Å²) in [6.45, 7) is 7.39. The number of nitrogens with zero attached hydrogens (tertiary/aromatic N) is 1. The van der Waals surface area contributed by atoms with Gasteiger partial charge in [0.1, 0.15) is 18.0 Å². The minimum absolute atomic E-state index is 0.149. The highest BCUT2D eigenvalue weighted by molar-refractivity contribution is 7.90. The van der Waals surface area contributed by atoms with Gasteiger partial charge >= 0.3 is 0 Å². The monoisotopic (exact) mass is 640 g/mol. The zero-order valence-electron chi connectivity index (χ0n) is 26.3. The van der Waals surface area contributed by atoms with Crippen LogP contribution in [0.25, 0.3) is 0 Å². The molecule has 44 heavy (non-hydrogen) atoms. The van der Waals surface area contributed by atoms with Gasteiger partial charge in [-0.15, -0.1) is 5.92 Å². The zero-order chi connectivity index (χ0) is 31.5. The number of methoxy groups -OCH3 is 1. The van der Waals surface area contributed by atoms with Gasteiger partial charge in [0.25, 0.3) is 5.91 Å². The molecule has 0 radical (unpaired) electrons. The molecule has 2 aliphatic heterocycles. The second-order valence-corrected chi connectivity index (χ2v) is 15.2. The molecule has 238 valence electrons. The quantitative estimate of drug-likeness (QED) is 0.347. The van der Waals surface area contributed by atoms with Gasteiger partial charge in [-0.1, -0.05) is 30.5 Å². The van der Waals surface area contributed by atoms with Crippen molar-refractivity contribution in [1.29, 1.82) is 0 Å². The van der Waals surface area contributed by atoms with Gasteiger partial charge in [-0.05, 0) is 119 Å². The number of halogens is 1. The fourth-order valence-corrected chi connectivity index (χ4v) is 8.63. The maximum absolute atomic E-state index is 13.4. The van der Waals surface area contributed by atoms with Gasteiger partial charge in [0.05, 0.1) is 10.9 Å². The van der Waals surface area contributed by atoms with E-state index in [0.29, 0.717) is 35.3 Å². The molecule has 5 atom stereocenters. The van der Waals surface area contributed by atoms with E-state index in [1.807, 2.05) is 32.0 Å². The molecule has 5 rings (SSSR count). The number of hydrogen-bond donors (Lipinski definition) is 1. The van der Waals surface area contributed by atoms with Crippen LogP contribution in [0.1, 0.15) is 87.2 Å². The van der Waals surface area contributed by atoms with E-state index < -0.39 is 26.8 Å². The second kappa shape index (κ2) is 13.7. The average Bonchev–Trinajstić information content (AvgIpc) is 3.01. The number of sulfonamides is 1. The Morgan fingerprint density at radius 3 is 2.61 bits per heavy atom. The van der Waals surface area contributed by atoms with E-state index in [2.05, 4.69) is 21.5 Å². The van der Waals surface area contributed by atoms with Gasteiger partial charge < -0.3 is 14.4 Å². The van der Waals surface area contributed by atoms with E-state index in [4.69, 9.17) is 21.1 Å². The average molecular weight is 641 g/mol. The lowest BCUT2D eigenvalue weighted by molar-refractivity contribution is -0.0742. The minimum atomic E-state index is -3.90. The highest BCUT2D eigenvalue weighted by Gasteiger charge is 2.47. The van der Waals surface area contributed by atoms with Crippen LogP contribution < -0.4 is 14.4 Å². The predicted molar refractivity (Wildman–Crippen MR) is 176 cm³/mol. The number of aryl methyl sites for hydroxylation is 1. The van der Waals surface area contributed by atoms with E-state index in [1.165, 1.54) is 5.56 Å². The summed E-state index contributed by atoms with van der Waals surface area (Å²) in [4.78, 5) is 15.7. The SMILES string of the molecule is CC#C[C@]1(OC)CCC[C@H](C)[C@@H](C)S(=O)(=O)NC(=O)c2ccc3c(c2)N(CCCCc2cc(Cl)ccc2CO3)C[C@@H]2CC[C@H]21. The van der Waals surface area contributed by atoms with Crippen molar-refractivity contribution in [2.75, 3.05) is 25.1 Å². The molecule has 1 fully saturated rings. The highest BCUT2D eigenvalue weighted by atomic mass is 35.5. The number of carbonyl (C=O) groups is 1. The summed E-state index contributed by atoms with van der Waals surface area (Å²) in [5, 5.41) is -0.0227. The first-order valence-corrected chi connectivity index (χ1v) is 17.8. The van der Waals surface area contributed by atoms with Crippen molar-refractivity contribution in [3.05, 3.63) is 58.1 Å². The number of hydrogen-bond acceptors (Lipinski definition) is 6. The molecule has 9 heteroatoms. The third-order valence-corrected chi connectivity index (χ3v) is 12.3. The maximum atomic E-state index is 13.4. The molecular weight excluding hydrogens is 596 g/mol. The number of fused-ring (bicyclic) bond motifs is 3. The number of nitrogens with one attached hydrogen (secondary N) is 1. The normalized spacial score (nSPS) is 29.2. The summed E-state index contributed by atoms with van der Waals surface area (Å²) in [6.07, 6.45) is 7.13. The first-order chi connectivity index (χ1) is 21.1. The van der Waals surface area contributed by atoms with Crippen LogP contribution in [0.2, 0.25) is 5.02 Å². The summed E-state index contributed by atoms with van der Waals surface area (Å²) in [6, 6.07) is 11.2. The van der Waals surface area contributed by atoms with Crippen molar-refractivity contribution in [3.63, 3.8) is 0 Å². The molecule has 2 bridgehead atoms. The molecule has 3 aliphatic rings. The second-order valence-electron chi connectivity index (χ2n) is 12.8. The molecule has 2 heterocycles. The molecule has 0 saturated heterocycles. The lowest BCUT2D eigenvalue weighted by Crippen LogP contribution is -2.51. The van der Waals surface area contributed by atoms with Gasteiger partial charge in [-0.3, -0.25) is 4.79 Å². The van der Waals surface area contributed by atoms with Gasteiger partial charge in [-0.2, -0.15) is 0 Å². The van der Waals surface area contributed by atoms with Crippen LogP contribution in [0.5, 0.6) is 5.75 Å². The number of anilines is 1. The van der Waals surface area contributed by atoms with Crippen molar-refractivity contribution in [1.82, 2.24) is 4.72 Å². The van der Waals surface area contributed by atoms with Crippen LogP contribution >= 0.6 is 11.6 Å². The smallest absolute Gasteiger partial charge is 0.264 e. The maximum Gasteiger partial charge on any atom is 0.264 e. The van der Waals surface area contributed by atoms with Crippen molar-refractivity contribution >= 4 is 33.2 Å². The molecule has 1 aliphatic carbocycles. The first-order valence-electron chi connectivity index (χ1n) is 15.9. The Kier molecular flexibility index (Phi) is 10.2. The predicted octanol–water partition coefficient (Wildman–Crippen LogP) is 6.76. The molecule has 1 N–H and O–H groups in total. The molecule has 0 spiro atoms. The third kappa shape index (κ3) is 6.90. The summed E-state index contributed by atoms with van der Waals surface area (Å²) in [5.74, 6) is 7.11. The fraction of sp³-hybridized carbons (Fsp3) is 0.571. The van der Waals surface area contributed by atoms with Crippen LogP contribution in [0.3, 0.4) is 0 Å². The van der Waals surface area contributed by atoms with E-state index >= 15 is 0 Å². The number of ether oxygens (including phenoxy) is 2. The molecule has 7 nitrogen and oxygen atoms in total. The van der Waals surface area contributed by atoms with Gasteiger partial charge in [0, 0.05) is 36.7 Å². The Hall–Kier alpha value is -2.73. The molecule has 0 aromatic heterocycles. The van der Waals surface area contributed by atoms with E-state index in [0.717, 1.165) is 69.3 Å². The topological polar surface area (TPSA) is 84.9 Å². The summed E-state index contributed by atoms with van der Waals surface area (Å²) >= 11 is 6.34. The van der Waals surface area contributed by atoms with E-state index in [-0.39, 0.29) is 11.8 Å². The summed E-state index contributed by atoms with van der Waals surface area (Å²) < 4.78 is 41.8. The van der Waals surface area contributed by atoms with Crippen LogP contribution in [0, 0.1) is 29.6 Å². The lowest BCUT2D eigenvalue weighted by Gasteiger charge is -2.49. The summed E-state index contributed by atoms with van der Waals surface area (Å²) in [7, 11) is -2.14. The number of rotatable bonds is 1. The Balaban J connectivity index is 1.58. The van der Waals surface area contributed by atoms with Crippen molar-refractivity contribution in [2.45, 2.75) is 89.6 Å². The van der Waals surface area contributed by atoms with Gasteiger partial charge in [0.15, 0.2) is 0 Å².